The molecule has 0 bridgehead atoms. The molecule has 8 heteroatoms. The topological polar surface area (TPSA) is 96.6 Å². The van der Waals surface area contributed by atoms with Crippen molar-refractivity contribution in [3.8, 4) is 0 Å². The van der Waals surface area contributed by atoms with E-state index in [1.165, 1.54) is 0 Å². The van der Waals surface area contributed by atoms with E-state index >= 15 is 0 Å². The molecule has 2 aliphatic rings. The van der Waals surface area contributed by atoms with Gasteiger partial charge in [0, 0.05) is 12.5 Å². The first kappa shape index (κ1) is 15.6. The van der Waals surface area contributed by atoms with E-state index in [0.717, 1.165) is 48.3 Å². The van der Waals surface area contributed by atoms with E-state index in [1.807, 2.05) is 6.92 Å². The summed E-state index contributed by atoms with van der Waals surface area (Å²) in [5.74, 6) is -0.837. The highest BCUT2D eigenvalue weighted by Gasteiger charge is 2.48. The number of hydrogen-bond donors (Lipinski definition) is 0. The van der Waals surface area contributed by atoms with E-state index in [2.05, 4.69) is 10.1 Å². The summed E-state index contributed by atoms with van der Waals surface area (Å²) in [4.78, 5) is 42.9. The maximum Gasteiger partial charge on any atom is 0.334 e. The number of urea groups is 1. The second-order valence-electron chi connectivity index (χ2n) is 6.00. The van der Waals surface area contributed by atoms with Gasteiger partial charge in [-0.15, -0.1) is 0 Å². The Bertz CT molecular complexity index is 621. The molecule has 0 unspecified atom stereocenters. The lowest BCUT2D eigenvalue weighted by molar-refractivity contribution is -0.144. The Morgan fingerprint density at radius 2 is 1.87 bits per heavy atom. The van der Waals surface area contributed by atoms with Crippen LogP contribution in [0.3, 0.4) is 0 Å². The van der Waals surface area contributed by atoms with Crippen LogP contribution < -0.4 is 0 Å². The third-order valence-corrected chi connectivity index (χ3v) is 4.30. The Kier molecular flexibility index (Phi) is 4.40. The maximum atomic E-state index is 12.5. The highest BCUT2D eigenvalue weighted by Crippen LogP contribution is 2.27. The third-order valence-electron chi connectivity index (χ3n) is 4.30. The molecule has 3 rings (SSSR count). The predicted molar refractivity (Wildman–Crippen MR) is 78.0 cm³/mol. The smallest absolute Gasteiger partial charge is 0.334 e. The standard InChI is InChI=1S/C15H20N4O4/c1-2-6-11-16-12(23-17-11)9-18-13(20)14(21)19(15(18)22)10-7-4-3-5-8-10/h10H,2-9H2,1H3. The molecular weight excluding hydrogens is 300 g/mol. The van der Waals surface area contributed by atoms with Gasteiger partial charge >= 0.3 is 17.8 Å². The second kappa shape index (κ2) is 6.47. The lowest BCUT2D eigenvalue weighted by Crippen LogP contribution is -2.42. The van der Waals surface area contributed by atoms with Crippen LogP contribution in [0.1, 0.15) is 57.2 Å². The van der Waals surface area contributed by atoms with E-state index in [4.69, 9.17) is 4.52 Å². The van der Waals surface area contributed by atoms with Gasteiger partial charge < -0.3 is 4.52 Å². The van der Waals surface area contributed by atoms with Crippen molar-refractivity contribution >= 4 is 17.8 Å². The van der Waals surface area contributed by atoms with Crippen LogP contribution in [0.2, 0.25) is 0 Å². The van der Waals surface area contributed by atoms with Crippen LogP contribution >= 0.6 is 0 Å². The summed E-state index contributed by atoms with van der Waals surface area (Å²) < 4.78 is 5.05. The SMILES string of the molecule is CCCc1noc(CN2C(=O)C(=O)N(C3CCCCC3)C2=O)n1. The summed E-state index contributed by atoms with van der Waals surface area (Å²) in [7, 11) is 0. The molecule has 124 valence electrons. The molecule has 4 amide bonds. The minimum atomic E-state index is -0.809. The maximum absolute atomic E-state index is 12.5. The lowest BCUT2D eigenvalue weighted by Gasteiger charge is -2.28. The molecular formula is C15H20N4O4. The number of amides is 4. The number of aryl methyl sites for hydroxylation is 1. The summed E-state index contributed by atoms with van der Waals surface area (Å²) in [5.41, 5.74) is 0. The fraction of sp³-hybridized carbons (Fsp3) is 0.667. The first-order valence-corrected chi connectivity index (χ1v) is 8.12. The van der Waals surface area contributed by atoms with Gasteiger partial charge in [0.1, 0.15) is 6.54 Å². The molecule has 1 saturated heterocycles. The van der Waals surface area contributed by atoms with Crippen molar-refractivity contribution in [1.82, 2.24) is 19.9 Å². The molecule has 2 heterocycles. The average molecular weight is 320 g/mol. The van der Waals surface area contributed by atoms with Crippen molar-refractivity contribution in [1.29, 1.82) is 0 Å². The first-order valence-electron chi connectivity index (χ1n) is 8.12. The van der Waals surface area contributed by atoms with E-state index < -0.39 is 17.8 Å². The lowest BCUT2D eigenvalue weighted by atomic mass is 9.94. The van der Waals surface area contributed by atoms with Crippen molar-refractivity contribution < 1.29 is 18.9 Å². The average Bonchev–Trinajstić information content (AvgIpc) is 3.08. The number of carbonyl (C=O) groups is 3. The molecule has 0 aromatic carbocycles. The zero-order chi connectivity index (χ0) is 16.4. The predicted octanol–water partition coefficient (Wildman–Crippen LogP) is 1.65. The van der Waals surface area contributed by atoms with Crippen LogP contribution in [0.4, 0.5) is 4.79 Å². The molecule has 1 aromatic rings. The van der Waals surface area contributed by atoms with E-state index in [9.17, 15) is 14.4 Å². The fourth-order valence-corrected chi connectivity index (χ4v) is 3.14. The van der Waals surface area contributed by atoms with E-state index in [1.54, 1.807) is 0 Å². The van der Waals surface area contributed by atoms with Crippen LogP contribution in [-0.4, -0.2) is 43.8 Å². The Morgan fingerprint density at radius 3 is 2.57 bits per heavy atom. The number of hydrogen-bond acceptors (Lipinski definition) is 6. The van der Waals surface area contributed by atoms with Crippen molar-refractivity contribution in [3.63, 3.8) is 0 Å². The Labute approximate surface area is 133 Å². The Hall–Kier alpha value is -2.25. The van der Waals surface area contributed by atoms with Gasteiger partial charge in [-0.2, -0.15) is 4.98 Å². The number of aromatic nitrogens is 2. The quantitative estimate of drug-likeness (QED) is 0.604. The zero-order valence-corrected chi connectivity index (χ0v) is 13.2. The third kappa shape index (κ3) is 2.97. The molecule has 1 aliphatic heterocycles. The van der Waals surface area contributed by atoms with Gasteiger partial charge in [0.05, 0.1) is 0 Å². The fourth-order valence-electron chi connectivity index (χ4n) is 3.14. The van der Waals surface area contributed by atoms with Gasteiger partial charge in [-0.25, -0.2) is 9.69 Å². The van der Waals surface area contributed by atoms with E-state index in [-0.39, 0.29) is 18.5 Å². The monoisotopic (exact) mass is 320 g/mol. The van der Waals surface area contributed by atoms with Crippen molar-refractivity contribution in [3.05, 3.63) is 11.7 Å². The Morgan fingerprint density at radius 1 is 1.13 bits per heavy atom. The molecule has 0 atom stereocenters. The molecule has 0 N–H and O–H groups in total. The summed E-state index contributed by atoms with van der Waals surface area (Å²) in [5, 5.41) is 3.79. The highest BCUT2D eigenvalue weighted by atomic mass is 16.5. The van der Waals surface area contributed by atoms with Crippen LogP contribution in [-0.2, 0) is 22.6 Å². The van der Waals surface area contributed by atoms with Gasteiger partial charge in [-0.3, -0.25) is 14.5 Å². The number of carbonyl (C=O) groups excluding carboxylic acids is 3. The van der Waals surface area contributed by atoms with Crippen LogP contribution in [0.25, 0.3) is 0 Å². The normalized spacial score (nSPS) is 20.0. The van der Waals surface area contributed by atoms with Gasteiger partial charge in [-0.05, 0) is 19.3 Å². The largest absolute Gasteiger partial charge is 0.337 e. The molecule has 2 fully saturated rings. The molecule has 8 nitrogen and oxygen atoms in total. The number of rotatable bonds is 5. The highest BCUT2D eigenvalue weighted by molar-refractivity contribution is 6.44. The van der Waals surface area contributed by atoms with E-state index in [0.29, 0.717) is 12.2 Å². The zero-order valence-electron chi connectivity index (χ0n) is 13.2. The van der Waals surface area contributed by atoms with Crippen LogP contribution in [0, 0.1) is 0 Å². The Balaban J connectivity index is 1.73. The molecule has 0 radical (unpaired) electrons. The summed E-state index contributed by atoms with van der Waals surface area (Å²) in [6, 6.07) is -0.738. The molecule has 1 aliphatic carbocycles. The minimum Gasteiger partial charge on any atom is -0.337 e. The summed E-state index contributed by atoms with van der Waals surface area (Å²) in [6.07, 6.45) is 6.11. The van der Waals surface area contributed by atoms with Crippen LogP contribution in [0.15, 0.2) is 4.52 Å². The minimum absolute atomic E-state index is 0.149. The molecule has 0 spiro atoms. The van der Waals surface area contributed by atoms with Gasteiger partial charge in [0.25, 0.3) is 0 Å². The van der Waals surface area contributed by atoms with Gasteiger partial charge in [-0.1, -0.05) is 31.3 Å². The number of imide groups is 2. The summed E-state index contributed by atoms with van der Waals surface area (Å²) >= 11 is 0. The summed E-state index contributed by atoms with van der Waals surface area (Å²) in [6.45, 7) is 1.84. The second-order valence-corrected chi connectivity index (χ2v) is 6.00. The van der Waals surface area contributed by atoms with Gasteiger partial charge in [0.2, 0.25) is 5.89 Å². The molecule has 23 heavy (non-hydrogen) atoms. The molecule has 1 saturated carbocycles. The van der Waals surface area contributed by atoms with Crippen LogP contribution in [0.5, 0.6) is 0 Å². The van der Waals surface area contributed by atoms with Crippen molar-refractivity contribution in [2.24, 2.45) is 0 Å². The molecule has 1 aromatic heterocycles. The first-order chi connectivity index (χ1) is 11.1. The van der Waals surface area contributed by atoms with Gasteiger partial charge in [0.15, 0.2) is 5.82 Å². The number of nitrogens with zero attached hydrogens (tertiary/aromatic N) is 4. The van der Waals surface area contributed by atoms with Crippen molar-refractivity contribution in [2.75, 3.05) is 0 Å². The van der Waals surface area contributed by atoms with Crippen molar-refractivity contribution in [2.45, 2.75) is 64.5 Å².